The Hall–Kier alpha value is -1.61. The molecule has 0 aliphatic heterocycles. The van der Waals surface area contributed by atoms with Crippen LogP contribution in [0.3, 0.4) is 0 Å². The van der Waals surface area contributed by atoms with Crippen LogP contribution in [0.4, 0.5) is 0 Å². The highest BCUT2D eigenvalue weighted by molar-refractivity contribution is 5.25. The Morgan fingerprint density at radius 2 is 2.10 bits per heavy atom. The van der Waals surface area contributed by atoms with E-state index in [1.54, 1.807) is 0 Å². The van der Waals surface area contributed by atoms with Crippen LogP contribution in [0.25, 0.3) is 0 Å². The summed E-state index contributed by atoms with van der Waals surface area (Å²) in [7, 11) is 0. The van der Waals surface area contributed by atoms with Crippen LogP contribution in [-0.4, -0.2) is 16.3 Å². The van der Waals surface area contributed by atoms with Gasteiger partial charge in [0, 0.05) is 17.3 Å². The van der Waals surface area contributed by atoms with E-state index in [9.17, 15) is 0 Å². The molecule has 0 bridgehead atoms. The fraction of sp³-hybridized carbons (Fsp3) is 0.471. The first-order valence-electron chi connectivity index (χ1n) is 7.43. The van der Waals surface area contributed by atoms with E-state index in [1.165, 1.54) is 22.4 Å². The smallest absolute Gasteiger partial charge is 0.0662 e. The Bertz CT molecular complexity index is 557. The van der Waals surface area contributed by atoms with Crippen molar-refractivity contribution in [3.63, 3.8) is 0 Å². The van der Waals surface area contributed by atoms with E-state index in [4.69, 9.17) is 0 Å². The van der Waals surface area contributed by atoms with Crippen LogP contribution in [0.2, 0.25) is 0 Å². The first kappa shape index (κ1) is 14.8. The molecular weight excluding hydrogens is 246 g/mol. The van der Waals surface area contributed by atoms with Crippen molar-refractivity contribution in [3.05, 3.63) is 52.8 Å². The molecule has 2 aromatic rings. The maximum absolute atomic E-state index is 4.55. The minimum atomic E-state index is 0.362. The summed E-state index contributed by atoms with van der Waals surface area (Å²) in [5, 5.41) is 8.07. The van der Waals surface area contributed by atoms with Gasteiger partial charge in [-0.15, -0.1) is 0 Å². The van der Waals surface area contributed by atoms with Gasteiger partial charge in [0.15, 0.2) is 0 Å². The number of nitrogens with one attached hydrogen (secondary N) is 1. The van der Waals surface area contributed by atoms with Crippen molar-refractivity contribution in [1.82, 2.24) is 15.1 Å². The highest BCUT2D eigenvalue weighted by Crippen LogP contribution is 2.18. The molecule has 0 fully saturated rings. The van der Waals surface area contributed by atoms with Crippen LogP contribution in [0.15, 0.2) is 30.5 Å². The highest BCUT2D eigenvalue weighted by atomic mass is 15.3. The molecule has 1 aromatic heterocycles. The van der Waals surface area contributed by atoms with Gasteiger partial charge in [-0.2, -0.15) is 5.10 Å². The van der Waals surface area contributed by atoms with Crippen molar-refractivity contribution >= 4 is 0 Å². The second-order valence-electron chi connectivity index (χ2n) is 5.51. The van der Waals surface area contributed by atoms with Gasteiger partial charge in [0.2, 0.25) is 0 Å². The lowest BCUT2D eigenvalue weighted by Crippen LogP contribution is -2.19. The molecule has 1 N–H and O–H groups in total. The average Bonchev–Trinajstić information content (AvgIpc) is 2.78. The maximum Gasteiger partial charge on any atom is 0.0662 e. The van der Waals surface area contributed by atoms with E-state index in [1.807, 2.05) is 6.20 Å². The van der Waals surface area contributed by atoms with E-state index in [-0.39, 0.29) is 0 Å². The lowest BCUT2D eigenvalue weighted by atomic mass is 10.1. The predicted octanol–water partition coefficient (Wildman–Crippen LogP) is 3.61. The Morgan fingerprint density at radius 3 is 2.80 bits per heavy atom. The minimum absolute atomic E-state index is 0.362. The van der Waals surface area contributed by atoms with Crippen LogP contribution in [0.1, 0.15) is 48.7 Å². The number of aryl methyl sites for hydroxylation is 1. The summed E-state index contributed by atoms with van der Waals surface area (Å²) in [6.07, 6.45) is 3.15. The predicted molar refractivity (Wildman–Crippen MR) is 84.0 cm³/mol. The minimum Gasteiger partial charge on any atom is -0.310 e. The summed E-state index contributed by atoms with van der Waals surface area (Å²) in [6.45, 7) is 10.6. The third kappa shape index (κ3) is 3.48. The molecule has 0 radical (unpaired) electrons. The quantitative estimate of drug-likeness (QED) is 0.870. The van der Waals surface area contributed by atoms with Crippen LogP contribution in [0.5, 0.6) is 0 Å². The van der Waals surface area contributed by atoms with Gasteiger partial charge in [-0.05, 0) is 39.3 Å². The summed E-state index contributed by atoms with van der Waals surface area (Å²) in [5.74, 6) is 0. The van der Waals surface area contributed by atoms with Crippen LogP contribution in [-0.2, 0) is 6.54 Å². The van der Waals surface area contributed by atoms with Gasteiger partial charge < -0.3 is 5.32 Å². The monoisotopic (exact) mass is 271 g/mol. The molecule has 1 heterocycles. The topological polar surface area (TPSA) is 29.9 Å². The van der Waals surface area contributed by atoms with Crippen molar-refractivity contribution in [2.75, 3.05) is 6.54 Å². The molecule has 0 saturated carbocycles. The standard InChI is InChI=1S/C17H25N3/c1-5-9-18-14(3)17-11-19-20(15(17)4)12-16-8-6-7-13(2)10-16/h6-8,10-11,14,18H,5,9,12H2,1-4H3. The number of nitrogens with zero attached hydrogens (tertiary/aromatic N) is 2. The molecule has 3 heteroatoms. The third-order valence-corrected chi connectivity index (χ3v) is 3.72. The SMILES string of the molecule is CCCNC(C)c1cnn(Cc2cccc(C)c2)c1C. The van der Waals surface area contributed by atoms with Gasteiger partial charge in [-0.25, -0.2) is 0 Å². The van der Waals surface area contributed by atoms with Crippen LogP contribution < -0.4 is 5.32 Å². The normalized spacial score (nSPS) is 12.6. The molecule has 0 aliphatic carbocycles. The number of benzene rings is 1. The van der Waals surface area contributed by atoms with Gasteiger partial charge in [0.1, 0.15) is 0 Å². The van der Waals surface area contributed by atoms with Crippen molar-refractivity contribution in [1.29, 1.82) is 0 Å². The molecule has 0 saturated heterocycles. The van der Waals surface area contributed by atoms with Crippen molar-refractivity contribution in [2.45, 2.75) is 46.7 Å². The Kier molecular flexibility index (Phi) is 4.96. The number of hydrogen-bond donors (Lipinski definition) is 1. The Labute approximate surface area is 122 Å². The highest BCUT2D eigenvalue weighted by Gasteiger charge is 2.12. The zero-order chi connectivity index (χ0) is 14.5. The summed E-state index contributed by atoms with van der Waals surface area (Å²) in [6, 6.07) is 8.98. The van der Waals surface area contributed by atoms with Gasteiger partial charge in [0.05, 0.1) is 12.7 Å². The Morgan fingerprint density at radius 1 is 1.30 bits per heavy atom. The van der Waals surface area contributed by atoms with Gasteiger partial charge in [0.25, 0.3) is 0 Å². The van der Waals surface area contributed by atoms with E-state index in [0.29, 0.717) is 6.04 Å². The van der Waals surface area contributed by atoms with Gasteiger partial charge in [-0.3, -0.25) is 4.68 Å². The molecule has 0 spiro atoms. The maximum atomic E-state index is 4.55. The van der Waals surface area contributed by atoms with Gasteiger partial charge >= 0.3 is 0 Å². The first-order valence-corrected chi connectivity index (χ1v) is 7.43. The first-order chi connectivity index (χ1) is 9.61. The second kappa shape index (κ2) is 6.71. The number of hydrogen-bond acceptors (Lipinski definition) is 2. The lowest BCUT2D eigenvalue weighted by Gasteiger charge is -2.13. The lowest BCUT2D eigenvalue weighted by molar-refractivity contribution is 0.565. The van der Waals surface area contributed by atoms with Gasteiger partial charge in [-0.1, -0.05) is 36.8 Å². The molecule has 1 aromatic carbocycles. The molecular formula is C17H25N3. The van der Waals surface area contributed by atoms with Crippen molar-refractivity contribution < 1.29 is 0 Å². The molecule has 2 rings (SSSR count). The molecule has 1 unspecified atom stereocenters. The van der Waals surface area contributed by atoms with E-state index in [0.717, 1.165) is 19.5 Å². The summed E-state index contributed by atoms with van der Waals surface area (Å²) in [5.41, 5.74) is 5.15. The third-order valence-electron chi connectivity index (χ3n) is 3.72. The molecule has 0 amide bonds. The summed E-state index contributed by atoms with van der Waals surface area (Å²) < 4.78 is 2.09. The number of aromatic nitrogens is 2. The number of rotatable bonds is 6. The van der Waals surface area contributed by atoms with E-state index >= 15 is 0 Å². The molecule has 20 heavy (non-hydrogen) atoms. The molecule has 1 atom stereocenters. The van der Waals surface area contributed by atoms with Crippen molar-refractivity contribution in [2.24, 2.45) is 0 Å². The summed E-state index contributed by atoms with van der Waals surface area (Å²) >= 11 is 0. The largest absolute Gasteiger partial charge is 0.310 e. The van der Waals surface area contributed by atoms with Crippen LogP contribution >= 0.6 is 0 Å². The fourth-order valence-corrected chi connectivity index (χ4v) is 2.50. The zero-order valence-electron chi connectivity index (χ0n) is 13.0. The molecule has 108 valence electrons. The molecule has 3 nitrogen and oxygen atoms in total. The fourth-order valence-electron chi connectivity index (χ4n) is 2.50. The van der Waals surface area contributed by atoms with E-state index in [2.05, 4.69) is 67.1 Å². The van der Waals surface area contributed by atoms with Crippen molar-refractivity contribution in [3.8, 4) is 0 Å². The second-order valence-corrected chi connectivity index (χ2v) is 5.51. The molecule has 0 aliphatic rings. The average molecular weight is 271 g/mol. The zero-order valence-corrected chi connectivity index (χ0v) is 13.0. The Balaban J connectivity index is 2.12. The van der Waals surface area contributed by atoms with Crippen LogP contribution in [0, 0.1) is 13.8 Å². The summed E-state index contributed by atoms with van der Waals surface area (Å²) in [4.78, 5) is 0. The van der Waals surface area contributed by atoms with E-state index < -0.39 is 0 Å².